The third kappa shape index (κ3) is 3.11. The minimum Gasteiger partial charge on any atom is -0.391 e. The lowest BCUT2D eigenvalue weighted by molar-refractivity contribution is -0.944. The van der Waals surface area contributed by atoms with E-state index >= 15 is 0 Å². The van der Waals surface area contributed by atoms with Crippen LogP contribution < -0.4 is 5.32 Å². The van der Waals surface area contributed by atoms with Crippen LogP contribution in [-0.2, 0) is 10.4 Å². The zero-order chi connectivity index (χ0) is 18.2. The molecule has 3 aliphatic heterocycles. The van der Waals surface area contributed by atoms with E-state index in [9.17, 15) is 15.0 Å². The first-order valence-corrected chi connectivity index (χ1v) is 11.0. The van der Waals surface area contributed by atoms with Gasteiger partial charge in [0.05, 0.1) is 32.3 Å². The molecule has 1 aromatic heterocycles. The second-order valence-electron chi connectivity index (χ2n) is 8.56. The highest BCUT2D eigenvalue weighted by Crippen LogP contribution is 2.43. The van der Waals surface area contributed by atoms with Crippen molar-refractivity contribution in [1.29, 1.82) is 0 Å². The quantitative estimate of drug-likeness (QED) is 0.661. The van der Waals surface area contributed by atoms with Crippen molar-refractivity contribution in [2.24, 2.45) is 11.8 Å². The molecule has 0 aromatic carbocycles. The number of nitrogens with zero attached hydrogens (tertiary/aromatic N) is 1. The monoisotopic (exact) mass is 379 g/mol. The van der Waals surface area contributed by atoms with Crippen LogP contribution in [0.3, 0.4) is 0 Å². The summed E-state index contributed by atoms with van der Waals surface area (Å²) in [5, 5.41) is 26.2. The van der Waals surface area contributed by atoms with Crippen molar-refractivity contribution in [3.63, 3.8) is 0 Å². The lowest BCUT2D eigenvalue weighted by Gasteiger charge is -2.53. The number of hydrogen-bond donors (Lipinski definition) is 3. The lowest BCUT2D eigenvalue weighted by atomic mass is 9.79. The summed E-state index contributed by atoms with van der Waals surface area (Å²) in [5.74, 6) is 0.323. The predicted octanol–water partition coefficient (Wildman–Crippen LogP) is 1.84. The Bertz CT molecular complexity index is 616. The molecule has 1 saturated carbocycles. The molecule has 1 amide bonds. The molecular weight excluding hydrogens is 348 g/mol. The summed E-state index contributed by atoms with van der Waals surface area (Å²) in [6.45, 7) is 4.08. The van der Waals surface area contributed by atoms with Crippen molar-refractivity contribution in [2.75, 3.05) is 32.8 Å². The van der Waals surface area contributed by atoms with E-state index in [0.29, 0.717) is 5.92 Å². The van der Waals surface area contributed by atoms with E-state index in [4.69, 9.17) is 0 Å². The van der Waals surface area contributed by atoms with E-state index in [-0.39, 0.29) is 24.5 Å². The van der Waals surface area contributed by atoms with Gasteiger partial charge in [-0.05, 0) is 30.2 Å². The molecule has 26 heavy (non-hydrogen) atoms. The number of rotatable bonds is 6. The van der Waals surface area contributed by atoms with Gasteiger partial charge in [0.15, 0.2) is 5.60 Å². The first kappa shape index (κ1) is 18.4. The molecular formula is C20H31N2O3S+. The normalized spacial score (nSPS) is 33.9. The fraction of sp³-hybridized carbons (Fsp3) is 0.750. The summed E-state index contributed by atoms with van der Waals surface area (Å²) in [7, 11) is 0. The van der Waals surface area contributed by atoms with Gasteiger partial charge in [0.25, 0.3) is 5.91 Å². The zero-order valence-corrected chi connectivity index (χ0v) is 16.2. The Morgan fingerprint density at radius 1 is 1.27 bits per heavy atom. The second-order valence-corrected chi connectivity index (χ2v) is 9.51. The van der Waals surface area contributed by atoms with E-state index in [2.05, 4.69) is 5.32 Å². The second kappa shape index (κ2) is 7.23. The van der Waals surface area contributed by atoms with Gasteiger partial charge in [-0.3, -0.25) is 4.79 Å². The van der Waals surface area contributed by atoms with Crippen LogP contribution in [0.15, 0.2) is 17.5 Å². The smallest absolute Gasteiger partial charge is 0.258 e. The molecule has 1 unspecified atom stereocenters. The lowest BCUT2D eigenvalue weighted by Crippen LogP contribution is -2.69. The van der Waals surface area contributed by atoms with Crippen LogP contribution in [0.2, 0.25) is 0 Å². The number of carbonyl (C=O) groups is 1. The van der Waals surface area contributed by atoms with Crippen molar-refractivity contribution in [1.82, 2.24) is 5.32 Å². The number of fused-ring (bicyclic) bond motifs is 3. The van der Waals surface area contributed by atoms with Gasteiger partial charge in [0.2, 0.25) is 0 Å². The van der Waals surface area contributed by atoms with Crippen molar-refractivity contribution >= 4 is 17.2 Å². The first-order valence-electron chi connectivity index (χ1n) is 10.1. The van der Waals surface area contributed by atoms with Gasteiger partial charge in [-0.2, -0.15) is 0 Å². The molecule has 2 bridgehead atoms. The molecule has 5 nitrogen and oxygen atoms in total. The van der Waals surface area contributed by atoms with E-state index in [1.54, 1.807) is 0 Å². The average molecular weight is 380 g/mol. The predicted molar refractivity (Wildman–Crippen MR) is 102 cm³/mol. The van der Waals surface area contributed by atoms with Gasteiger partial charge >= 0.3 is 0 Å². The summed E-state index contributed by atoms with van der Waals surface area (Å²) in [4.78, 5) is 14.1. The van der Waals surface area contributed by atoms with Crippen LogP contribution in [0, 0.1) is 11.8 Å². The number of amides is 1. The van der Waals surface area contributed by atoms with Gasteiger partial charge in [-0.25, -0.2) is 0 Å². The van der Waals surface area contributed by atoms with Crippen LogP contribution in [0.4, 0.5) is 0 Å². The zero-order valence-electron chi connectivity index (χ0n) is 15.4. The molecule has 1 aromatic rings. The summed E-state index contributed by atoms with van der Waals surface area (Å²) >= 11 is 1.48. The van der Waals surface area contributed by atoms with Crippen LogP contribution >= 0.6 is 11.3 Å². The van der Waals surface area contributed by atoms with Crippen LogP contribution in [0.25, 0.3) is 0 Å². The van der Waals surface area contributed by atoms with E-state index in [1.165, 1.54) is 11.3 Å². The third-order valence-electron chi connectivity index (χ3n) is 7.18. The number of piperidine rings is 3. The topological polar surface area (TPSA) is 69.6 Å². The Hall–Kier alpha value is -0.950. The minimum atomic E-state index is -1.39. The maximum Gasteiger partial charge on any atom is 0.258 e. The third-order valence-corrected chi connectivity index (χ3v) is 8.18. The highest BCUT2D eigenvalue weighted by atomic mass is 32.1. The molecule has 4 fully saturated rings. The molecule has 3 N–H and O–H groups in total. The van der Waals surface area contributed by atoms with Crippen molar-refractivity contribution < 1.29 is 19.5 Å². The number of aliphatic hydroxyl groups excluding tert-OH is 1. The molecule has 3 saturated heterocycles. The minimum absolute atomic E-state index is 0.0165. The van der Waals surface area contributed by atoms with Gasteiger partial charge < -0.3 is 20.0 Å². The summed E-state index contributed by atoms with van der Waals surface area (Å²) in [5.41, 5.74) is -1.39. The van der Waals surface area contributed by atoms with Gasteiger partial charge in [-0.1, -0.05) is 18.9 Å². The highest BCUT2D eigenvalue weighted by molar-refractivity contribution is 7.10. The summed E-state index contributed by atoms with van der Waals surface area (Å²) in [6, 6.07) is 3.94. The summed E-state index contributed by atoms with van der Waals surface area (Å²) < 4.78 is 0.915. The van der Waals surface area contributed by atoms with E-state index < -0.39 is 5.60 Å². The van der Waals surface area contributed by atoms with Crippen LogP contribution in [-0.4, -0.2) is 59.4 Å². The molecule has 2 atom stereocenters. The maximum absolute atomic E-state index is 13.3. The Labute approximate surface area is 159 Å². The standard InChI is InChI=1S/C20H30N2O3S/c23-12-11-22-9-7-15(8-10-22)17(14-22)21-19(24)20(25,16-4-1-2-5-16)18-6-3-13-26-18/h3,6,13,15-17,23,25H,1-2,4-5,7-12,14H2/p+1/t15?,17-,20?,22?/m0/s1. The van der Waals surface area contributed by atoms with Crippen molar-refractivity contribution in [2.45, 2.75) is 50.2 Å². The maximum atomic E-state index is 13.3. The first-order chi connectivity index (χ1) is 12.6. The molecule has 1 aliphatic carbocycles. The molecule has 0 spiro atoms. The number of carbonyl (C=O) groups excluding carboxylic acids is 1. The number of thiophene rings is 1. The van der Waals surface area contributed by atoms with Crippen molar-refractivity contribution in [3.8, 4) is 0 Å². The van der Waals surface area contributed by atoms with Crippen molar-refractivity contribution in [3.05, 3.63) is 22.4 Å². The average Bonchev–Trinajstić information content (AvgIpc) is 3.36. The Kier molecular flexibility index (Phi) is 5.12. The molecule has 4 heterocycles. The molecule has 4 aliphatic rings. The highest BCUT2D eigenvalue weighted by Gasteiger charge is 2.51. The number of quaternary nitrogens is 1. The number of nitrogens with one attached hydrogen (secondary N) is 1. The van der Waals surface area contributed by atoms with Gasteiger partial charge in [0.1, 0.15) is 6.54 Å². The molecule has 0 radical (unpaired) electrons. The fourth-order valence-electron chi connectivity index (χ4n) is 5.59. The molecule has 144 valence electrons. The number of aliphatic hydroxyl groups is 2. The van der Waals surface area contributed by atoms with E-state index in [0.717, 1.165) is 74.1 Å². The SMILES string of the molecule is O=C(N[C@H]1C[N+]2(CCO)CCC1CC2)C(O)(c1cccs1)C1CCCC1. The Morgan fingerprint density at radius 3 is 2.62 bits per heavy atom. The van der Waals surface area contributed by atoms with Gasteiger partial charge in [-0.15, -0.1) is 11.3 Å². The fourth-order valence-corrected chi connectivity index (χ4v) is 6.49. The van der Waals surface area contributed by atoms with E-state index in [1.807, 2.05) is 17.5 Å². The Balaban J connectivity index is 1.54. The Morgan fingerprint density at radius 2 is 2.00 bits per heavy atom. The van der Waals surface area contributed by atoms with Gasteiger partial charge in [0, 0.05) is 23.6 Å². The summed E-state index contributed by atoms with van der Waals surface area (Å²) in [6.07, 6.45) is 6.22. The number of hydrogen-bond acceptors (Lipinski definition) is 4. The molecule has 5 rings (SSSR count). The van der Waals surface area contributed by atoms with Crippen LogP contribution in [0.5, 0.6) is 0 Å². The largest absolute Gasteiger partial charge is 0.391 e. The van der Waals surface area contributed by atoms with Crippen LogP contribution in [0.1, 0.15) is 43.4 Å². The molecule has 6 heteroatoms.